The zero-order valence-electron chi connectivity index (χ0n) is 4.94. The number of aliphatic carboxylic acids is 2. The second-order valence-electron chi connectivity index (χ2n) is 1.80. The fourth-order valence-electron chi connectivity index (χ4n) is 0.306. The Labute approximate surface area is 55.9 Å². The van der Waals surface area contributed by atoms with Gasteiger partial charge in [0, 0.05) is 0 Å². The van der Waals surface area contributed by atoms with Gasteiger partial charge in [-0.25, -0.2) is 4.79 Å². The zero-order valence-corrected chi connectivity index (χ0v) is 4.94. The lowest BCUT2D eigenvalue weighted by atomic mass is 10.2. The number of hydrogen-bond donors (Lipinski definition) is 4. The van der Waals surface area contributed by atoms with E-state index in [1.807, 2.05) is 0 Å². The van der Waals surface area contributed by atoms with Crippen molar-refractivity contribution in [2.45, 2.75) is 12.1 Å². The highest BCUT2D eigenvalue weighted by molar-refractivity contribution is 5.82. The number of rotatable bonds is 3. The molecule has 0 aliphatic heterocycles. The number of hydrogen-bond acceptors (Lipinski definition) is 4. The van der Waals surface area contributed by atoms with Crippen LogP contribution in [-0.4, -0.2) is 33.0 Å². The van der Waals surface area contributed by atoms with Crippen molar-refractivity contribution in [1.82, 2.24) is 0 Å². The maximum atomic E-state index is 9.92. The summed E-state index contributed by atoms with van der Waals surface area (Å²) >= 11 is 0. The van der Waals surface area contributed by atoms with Crippen molar-refractivity contribution in [2.24, 2.45) is 5.73 Å². The first-order valence-corrected chi connectivity index (χ1v) is 2.32. The molecule has 0 aromatic carbocycles. The Morgan fingerprint density at radius 1 is 1.40 bits per heavy atom. The zero-order chi connectivity index (χ0) is 8.36. The number of nitrogens with two attached hydrogens (primary N) is 1. The van der Waals surface area contributed by atoms with Crippen LogP contribution in [0.25, 0.3) is 0 Å². The van der Waals surface area contributed by atoms with Crippen LogP contribution >= 0.6 is 0 Å². The molecule has 5 N–H and O–H groups in total. The van der Waals surface area contributed by atoms with Crippen LogP contribution in [0.1, 0.15) is 6.42 Å². The van der Waals surface area contributed by atoms with Crippen molar-refractivity contribution in [2.75, 3.05) is 0 Å². The molecule has 0 spiro atoms. The van der Waals surface area contributed by atoms with Crippen molar-refractivity contribution in [3.63, 3.8) is 0 Å². The molecule has 6 nitrogen and oxygen atoms in total. The molecule has 0 aromatic rings. The van der Waals surface area contributed by atoms with Crippen molar-refractivity contribution >= 4 is 11.9 Å². The SMILES string of the molecule is N[C@@](O)(CC(=O)O)C(=O)O. The molecule has 0 aliphatic carbocycles. The normalized spacial score (nSPS) is 15.8. The second kappa shape index (κ2) is 2.63. The molecule has 58 valence electrons. The van der Waals surface area contributed by atoms with E-state index in [0.29, 0.717) is 0 Å². The van der Waals surface area contributed by atoms with E-state index >= 15 is 0 Å². The van der Waals surface area contributed by atoms with Crippen LogP contribution in [0, 0.1) is 0 Å². The van der Waals surface area contributed by atoms with Crippen LogP contribution in [-0.2, 0) is 9.59 Å². The van der Waals surface area contributed by atoms with Gasteiger partial charge in [0.25, 0.3) is 0 Å². The van der Waals surface area contributed by atoms with Crippen molar-refractivity contribution in [3.8, 4) is 0 Å². The quantitative estimate of drug-likeness (QED) is 0.351. The molecular weight excluding hydrogens is 142 g/mol. The molecule has 0 bridgehead atoms. The monoisotopic (exact) mass is 149 g/mol. The van der Waals surface area contributed by atoms with Crippen LogP contribution in [0.5, 0.6) is 0 Å². The van der Waals surface area contributed by atoms with Crippen LogP contribution in [0.15, 0.2) is 0 Å². The number of aliphatic hydroxyl groups is 1. The molecule has 0 amide bonds. The van der Waals surface area contributed by atoms with Gasteiger partial charge in [0.1, 0.15) is 0 Å². The summed E-state index contributed by atoms with van der Waals surface area (Å²) in [4.78, 5) is 19.7. The van der Waals surface area contributed by atoms with Gasteiger partial charge in [-0.1, -0.05) is 0 Å². The molecule has 0 aliphatic rings. The third kappa shape index (κ3) is 2.42. The average molecular weight is 149 g/mol. The molecule has 0 saturated heterocycles. The van der Waals surface area contributed by atoms with E-state index in [1.165, 1.54) is 0 Å². The molecule has 0 heterocycles. The van der Waals surface area contributed by atoms with Crippen LogP contribution in [0.4, 0.5) is 0 Å². The summed E-state index contributed by atoms with van der Waals surface area (Å²) in [5.74, 6) is -3.22. The Balaban J connectivity index is 4.13. The lowest BCUT2D eigenvalue weighted by molar-refractivity contribution is -0.164. The highest BCUT2D eigenvalue weighted by Crippen LogP contribution is 2.00. The average Bonchev–Trinajstić information content (AvgIpc) is 1.60. The van der Waals surface area contributed by atoms with Crippen molar-refractivity contribution in [3.05, 3.63) is 0 Å². The predicted octanol–water partition coefficient (Wildman–Crippen LogP) is -1.81. The van der Waals surface area contributed by atoms with E-state index in [9.17, 15) is 9.59 Å². The summed E-state index contributed by atoms with van der Waals surface area (Å²) in [7, 11) is 0. The molecule has 0 aromatic heterocycles. The Morgan fingerprint density at radius 3 is 1.90 bits per heavy atom. The Bertz CT molecular complexity index is 163. The molecule has 0 radical (unpaired) electrons. The maximum absolute atomic E-state index is 9.92. The van der Waals surface area contributed by atoms with Gasteiger partial charge in [-0.3, -0.25) is 10.5 Å². The van der Waals surface area contributed by atoms with Crippen LogP contribution in [0.2, 0.25) is 0 Å². The minimum atomic E-state index is -2.66. The fraction of sp³-hybridized carbons (Fsp3) is 0.500. The smallest absolute Gasteiger partial charge is 0.351 e. The van der Waals surface area contributed by atoms with E-state index in [2.05, 4.69) is 5.73 Å². The highest BCUT2D eigenvalue weighted by Gasteiger charge is 2.33. The maximum Gasteiger partial charge on any atom is 0.351 e. The highest BCUT2D eigenvalue weighted by atomic mass is 16.4. The molecule has 0 fully saturated rings. The molecule has 0 rings (SSSR count). The standard InChI is InChI=1S/C4H7NO5/c5-4(10,3(8)9)1-2(6)7/h10H,1,5H2,(H,6,7)(H,8,9)/t4-/m1/s1. The molecule has 10 heavy (non-hydrogen) atoms. The van der Waals surface area contributed by atoms with E-state index in [0.717, 1.165) is 0 Å². The molecular formula is C4H7NO5. The lowest BCUT2D eigenvalue weighted by Crippen LogP contribution is -2.49. The summed E-state index contributed by atoms with van der Waals surface area (Å²) in [6.07, 6.45) is -1.01. The third-order valence-electron chi connectivity index (χ3n) is 0.791. The van der Waals surface area contributed by atoms with E-state index in [4.69, 9.17) is 15.3 Å². The second-order valence-corrected chi connectivity index (χ2v) is 1.80. The minimum absolute atomic E-state index is 1.01. The summed E-state index contributed by atoms with van der Waals surface area (Å²) in [6, 6.07) is 0. The number of carboxylic acid groups (broad SMARTS) is 2. The van der Waals surface area contributed by atoms with Gasteiger partial charge in [0.05, 0.1) is 6.42 Å². The Kier molecular flexibility index (Phi) is 2.33. The predicted molar refractivity (Wildman–Crippen MR) is 29.0 cm³/mol. The Hall–Kier alpha value is -1.14. The molecule has 1 atom stereocenters. The summed E-state index contributed by atoms with van der Waals surface area (Å²) in [5.41, 5.74) is 1.97. The van der Waals surface area contributed by atoms with Gasteiger partial charge in [0.15, 0.2) is 0 Å². The van der Waals surface area contributed by atoms with Gasteiger partial charge in [-0.05, 0) is 0 Å². The van der Waals surface area contributed by atoms with Crippen molar-refractivity contribution < 1.29 is 24.9 Å². The minimum Gasteiger partial charge on any atom is -0.481 e. The first-order valence-electron chi connectivity index (χ1n) is 2.32. The first-order chi connectivity index (χ1) is 4.36. The van der Waals surface area contributed by atoms with E-state index < -0.39 is 24.1 Å². The van der Waals surface area contributed by atoms with Gasteiger partial charge in [0.2, 0.25) is 5.72 Å². The topological polar surface area (TPSA) is 121 Å². The number of carboxylic acids is 2. The molecule has 0 unspecified atom stereocenters. The lowest BCUT2D eigenvalue weighted by Gasteiger charge is -2.13. The summed E-state index contributed by atoms with van der Waals surface area (Å²) in [6.45, 7) is 0. The number of carbonyl (C=O) groups is 2. The summed E-state index contributed by atoms with van der Waals surface area (Å²) < 4.78 is 0. The third-order valence-corrected chi connectivity index (χ3v) is 0.791. The van der Waals surface area contributed by atoms with Gasteiger partial charge in [-0.15, -0.1) is 0 Å². The van der Waals surface area contributed by atoms with Gasteiger partial charge < -0.3 is 15.3 Å². The Morgan fingerprint density at radius 2 is 1.80 bits per heavy atom. The first kappa shape index (κ1) is 8.86. The van der Waals surface area contributed by atoms with E-state index in [-0.39, 0.29) is 0 Å². The van der Waals surface area contributed by atoms with Crippen LogP contribution in [0.3, 0.4) is 0 Å². The van der Waals surface area contributed by atoms with Crippen molar-refractivity contribution in [1.29, 1.82) is 0 Å². The molecule has 0 saturated carbocycles. The van der Waals surface area contributed by atoms with Gasteiger partial charge >= 0.3 is 11.9 Å². The van der Waals surface area contributed by atoms with Gasteiger partial charge in [-0.2, -0.15) is 0 Å². The summed E-state index contributed by atoms with van der Waals surface area (Å²) in [5, 5.41) is 24.6. The van der Waals surface area contributed by atoms with Crippen LogP contribution < -0.4 is 5.73 Å². The fourth-order valence-corrected chi connectivity index (χ4v) is 0.306. The largest absolute Gasteiger partial charge is 0.481 e. The molecule has 6 heteroatoms. The van der Waals surface area contributed by atoms with E-state index in [1.54, 1.807) is 0 Å².